The zero-order chi connectivity index (χ0) is 23.4. The topological polar surface area (TPSA) is 82.7 Å². The molecule has 2 aliphatic heterocycles. The van der Waals surface area contributed by atoms with Crippen LogP contribution in [0, 0.1) is 0 Å². The van der Waals surface area contributed by atoms with E-state index in [9.17, 15) is 14.4 Å². The van der Waals surface area contributed by atoms with E-state index in [0.29, 0.717) is 12.0 Å². The lowest BCUT2D eigenvalue weighted by atomic mass is 9.85. The first-order valence-corrected chi connectivity index (χ1v) is 12.0. The maximum atomic E-state index is 13.8. The molecule has 6 rings (SSSR count). The van der Waals surface area contributed by atoms with Crippen LogP contribution < -0.4 is 0 Å². The number of nitrogens with zero attached hydrogens (tertiary/aromatic N) is 2. The van der Waals surface area contributed by atoms with Crippen molar-refractivity contribution >= 4 is 28.7 Å². The smallest absolute Gasteiger partial charge is 0.337 e. The van der Waals surface area contributed by atoms with Gasteiger partial charge in [-0.2, -0.15) is 0 Å². The van der Waals surface area contributed by atoms with Crippen LogP contribution in [-0.4, -0.2) is 58.3 Å². The quantitative estimate of drug-likeness (QED) is 0.610. The molecule has 0 radical (unpaired) electrons. The van der Waals surface area contributed by atoms with Crippen LogP contribution in [0.2, 0.25) is 0 Å². The molecule has 2 atom stereocenters. The van der Waals surface area contributed by atoms with Gasteiger partial charge in [0, 0.05) is 29.1 Å². The molecule has 3 aliphatic rings. The lowest BCUT2D eigenvalue weighted by Crippen LogP contribution is -2.64. The third-order valence-electron chi connectivity index (χ3n) is 7.71. The first-order valence-electron chi connectivity index (χ1n) is 12.0. The molecule has 2 aromatic carbocycles. The fourth-order valence-electron chi connectivity index (χ4n) is 6.08. The van der Waals surface area contributed by atoms with E-state index in [-0.39, 0.29) is 24.4 Å². The Hall–Kier alpha value is -3.61. The SMILES string of the molecule is COC(=O)c1ccc(C2c3[nH]c4ccccc4c3C[C@H]3C(=O)N(C4CCCC4)CC(=O)N23)cc1. The predicted octanol–water partition coefficient (Wildman–Crippen LogP) is 3.58. The fraction of sp³-hybridized carbons (Fsp3) is 0.370. The number of piperazine rings is 1. The van der Waals surface area contributed by atoms with Crippen LogP contribution in [0.4, 0.5) is 0 Å². The summed E-state index contributed by atoms with van der Waals surface area (Å²) in [6, 6.07) is 14.4. The molecule has 1 saturated carbocycles. The number of esters is 1. The number of ether oxygens (including phenoxy) is 1. The summed E-state index contributed by atoms with van der Waals surface area (Å²) in [5, 5.41) is 1.09. The van der Waals surface area contributed by atoms with Gasteiger partial charge in [0.2, 0.25) is 11.8 Å². The maximum Gasteiger partial charge on any atom is 0.337 e. The van der Waals surface area contributed by atoms with Gasteiger partial charge in [-0.3, -0.25) is 9.59 Å². The average molecular weight is 458 g/mol. The molecule has 0 spiro atoms. The van der Waals surface area contributed by atoms with Crippen molar-refractivity contribution in [1.29, 1.82) is 0 Å². The van der Waals surface area contributed by atoms with Crippen LogP contribution >= 0.6 is 0 Å². The van der Waals surface area contributed by atoms with Crippen molar-refractivity contribution in [2.75, 3.05) is 13.7 Å². The van der Waals surface area contributed by atoms with Gasteiger partial charge < -0.3 is 19.5 Å². The number of rotatable bonds is 3. The van der Waals surface area contributed by atoms with Gasteiger partial charge in [0.25, 0.3) is 0 Å². The van der Waals surface area contributed by atoms with Crippen LogP contribution in [0.1, 0.15) is 58.9 Å². The summed E-state index contributed by atoms with van der Waals surface area (Å²) in [5.41, 5.74) is 4.34. The second kappa shape index (κ2) is 8.01. The zero-order valence-electron chi connectivity index (χ0n) is 19.1. The Balaban J connectivity index is 1.47. The molecule has 1 aliphatic carbocycles. The number of fused-ring (bicyclic) bond motifs is 4. The van der Waals surface area contributed by atoms with Crippen molar-refractivity contribution in [2.24, 2.45) is 0 Å². The minimum Gasteiger partial charge on any atom is -0.465 e. The van der Waals surface area contributed by atoms with Crippen molar-refractivity contribution in [1.82, 2.24) is 14.8 Å². The van der Waals surface area contributed by atoms with Crippen LogP contribution in [-0.2, 0) is 20.7 Å². The molecule has 1 saturated heterocycles. The van der Waals surface area contributed by atoms with Gasteiger partial charge in [-0.25, -0.2) is 4.79 Å². The van der Waals surface area contributed by atoms with Gasteiger partial charge >= 0.3 is 5.97 Å². The molecule has 174 valence electrons. The molecule has 2 fully saturated rings. The molecule has 3 aromatic rings. The first kappa shape index (κ1) is 21.0. The molecule has 1 unspecified atom stereocenters. The number of amides is 2. The second-order valence-electron chi connectivity index (χ2n) is 9.50. The molecule has 3 heterocycles. The number of methoxy groups -OCH3 is 1. The highest BCUT2D eigenvalue weighted by Crippen LogP contribution is 2.43. The Morgan fingerprint density at radius 3 is 2.50 bits per heavy atom. The minimum atomic E-state index is -0.529. The van der Waals surface area contributed by atoms with E-state index >= 15 is 0 Å². The van der Waals surface area contributed by atoms with E-state index < -0.39 is 18.1 Å². The Kier molecular flexibility index (Phi) is 4.94. The van der Waals surface area contributed by atoms with E-state index in [4.69, 9.17) is 4.74 Å². The van der Waals surface area contributed by atoms with Crippen molar-refractivity contribution in [3.8, 4) is 0 Å². The summed E-state index contributed by atoms with van der Waals surface area (Å²) in [5.74, 6) is -0.378. The van der Waals surface area contributed by atoms with Gasteiger partial charge in [0.05, 0.1) is 18.7 Å². The summed E-state index contributed by atoms with van der Waals surface area (Å²) in [6.07, 6.45) is 4.67. The molecule has 7 nitrogen and oxygen atoms in total. The van der Waals surface area contributed by atoms with E-state index in [2.05, 4.69) is 11.1 Å². The van der Waals surface area contributed by atoms with Crippen molar-refractivity contribution < 1.29 is 19.1 Å². The van der Waals surface area contributed by atoms with E-state index in [0.717, 1.165) is 53.4 Å². The van der Waals surface area contributed by atoms with Gasteiger partial charge in [-0.15, -0.1) is 0 Å². The summed E-state index contributed by atoms with van der Waals surface area (Å²) in [4.78, 5) is 46.5. The highest BCUT2D eigenvalue weighted by Gasteiger charge is 2.49. The Bertz CT molecular complexity index is 1290. The highest BCUT2D eigenvalue weighted by atomic mass is 16.5. The van der Waals surface area contributed by atoms with Crippen molar-refractivity contribution in [3.63, 3.8) is 0 Å². The number of nitrogens with one attached hydrogen (secondary N) is 1. The molecular weight excluding hydrogens is 430 g/mol. The Morgan fingerprint density at radius 1 is 1.03 bits per heavy atom. The third kappa shape index (κ3) is 3.14. The van der Waals surface area contributed by atoms with Gasteiger partial charge in [-0.1, -0.05) is 43.2 Å². The Morgan fingerprint density at radius 2 is 1.76 bits per heavy atom. The van der Waals surface area contributed by atoms with Crippen molar-refractivity contribution in [2.45, 2.75) is 50.2 Å². The lowest BCUT2D eigenvalue weighted by Gasteiger charge is -2.48. The summed E-state index contributed by atoms with van der Waals surface area (Å²) >= 11 is 0. The number of aromatic nitrogens is 1. The van der Waals surface area contributed by atoms with E-state index in [1.807, 2.05) is 35.2 Å². The predicted molar refractivity (Wildman–Crippen MR) is 126 cm³/mol. The number of carbonyl (C=O) groups is 3. The molecular formula is C27H27N3O4. The molecule has 7 heteroatoms. The largest absolute Gasteiger partial charge is 0.465 e. The first-order chi connectivity index (χ1) is 16.6. The molecule has 0 bridgehead atoms. The van der Waals surface area contributed by atoms with Crippen LogP contribution in [0.5, 0.6) is 0 Å². The standard InChI is InChI=1S/C27H27N3O4/c1-34-27(33)17-12-10-16(11-13-17)25-24-20(19-8-4-5-9-21(19)28-24)14-22-26(32)29(15-23(31)30(22)25)18-6-2-3-7-18/h4-5,8-13,18,22,25,28H,2-3,6-7,14-15H2,1H3/t22-,25?/m0/s1. The number of hydrogen-bond acceptors (Lipinski definition) is 4. The lowest BCUT2D eigenvalue weighted by molar-refractivity contribution is -0.160. The summed E-state index contributed by atoms with van der Waals surface area (Å²) in [6.45, 7) is 0.131. The van der Waals surface area contributed by atoms with E-state index in [1.54, 1.807) is 17.0 Å². The zero-order valence-corrected chi connectivity index (χ0v) is 19.1. The number of para-hydroxylation sites is 1. The molecule has 2 amide bonds. The molecule has 34 heavy (non-hydrogen) atoms. The van der Waals surface area contributed by atoms with Crippen LogP contribution in [0.3, 0.4) is 0 Å². The van der Waals surface area contributed by atoms with E-state index in [1.165, 1.54) is 7.11 Å². The molecule has 1 aromatic heterocycles. The van der Waals surface area contributed by atoms with Crippen LogP contribution in [0.25, 0.3) is 10.9 Å². The number of benzene rings is 2. The number of aromatic amines is 1. The van der Waals surface area contributed by atoms with Gasteiger partial charge in [-0.05, 0) is 42.2 Å². The maximum absolute atomic E-state index is 13.8. The average Bonchev–Trinajstić information content (AvgIpc) is 3.53. The third-order valence-corrected chi connectivity index (χ3v) is 7.71. The number of carbonyl (C=O) groups excluding carboxylic acids is 3. The Labute approximate surface area is 197 Å². The second-order valence-corrected chi connectivity index (χ2v) is 9.50. The van der Waals surface area contributed by atoms with Crippen LogP contribution in [0.15, 0.2) is 48.5 Å². The molecule has 1 N–H and O–H groups in total. The van der Waals surface area contributed by atoms with Gasteiger partial charge in [0.15, 0.2) is 0 Å². The normalized spacial score (nSPS) is 22.7. The number of hydrogen-bond donors (Lipinski definition) is 1. The fourth-order valence-corrected chi connectivity index (χ4v) is 6.08. The highest BCUT2D eigenvalue weighted by molar-refractivity contribution is 5.98. The summed E-state index contributed by atoms with van der Waals surface area (Å²) < 4.78 is 4.84. The van der Waals surface area contributed by atoms with Crippen molar-refractivity contribution in [3.05, 3.63) is 70.9 Å². The monoisotopic (exact) mass is 457 g/mol. The summed E-state index contributed by atoms with van der Waals surface area (Å²) in [7, 11) is 1.35. The minimum absolute atomic E-state index is 0.0251. The van der Waals surface area contributed by atoms with Gasteiger partial charge in [0.1, 0.15) is 12.6 Å². The number of H-pyrrole nitrogens is 1.